The van der Waals surface area contributed by atoms with Crippen LogP contribution in [0.4, 0.5) is 0 Å². The van der Waals surface area contributed by atoms with Crippen molar-refractivity contribution < 1.29 is 8.85 Å². The van der Waals surface area contributed by atoms with Crippen LogP contribution in [0, 0.1) is 0 Å². The molecule has 0 N–H and O–H groups in total. The van der Waals surface area contributed by atoms with Gasteiger partial charge in [-0.15, -0.1) is 6.58 Å². The van der Waals surface area contributed by atoms with E-state index in [0.717, 1.165) is 0 Å². The van der Waals surface area contributed by atoms with E-state index in [0.29, 0.717) is 13.2 Å². The Bertz CT molecular complexity index is 950. The summed E-state index contributed by atoms with van der Waals surface area (Å²) in [6, 6.07) is 42.5. The lowest BCUT2D eigenvalue weighted by molar-refractivity contribution is 0.316. The maximum absolute atomic E-state index is 6.29. The summed E-state index contributed by atoms with van der Waals surface area (Å²) < 4.78 is 12.6. The average Bonchev–Trinajstić information content (AvgIpc) is 2.91. The summed E-state index contributed by atoms with van der Waals surface area (Å²) in [6.45, 7) is 5.68. The van der Waals surface area contributed by atoms with Crippen molar-refractivity contribution in [3.05, 3.63) is 155 Å². The lowest BCUT2D eigenvalue weighted by atomic mass is 9.92. The number of benzene rings is 4. The maximum atomic E-state index is 6.29. The highest BCUT2D eigenvalue weighted by atomic mass is 28.3. The molecule has 4 aromatic carbocycles. The van der Waals surface area contributed by atoms with E-state index >= 15 is 0 Å². The van der Waals surface area contributed by atoms with Crippen molar-refractivity contribution in [2.75, 3.05) is 13.2 Å². The molecule has 172 valence electrons. The van der Waals surface area contributed by atoms with E-state index in [1.165, 1.54) is 27.1 Å². The molecule has 0 aliphatic carbocycles. The molecule has 0 atom stereocenters. The molecule has 4 heteroatoms. The third kappa shape index (κ3) is 6.98. The monoisotopic (exact) mass is 480 g/mol. The zero-order valence-corrected chi connectivity index (χ0v) is 22.4. The van der Waals surface area contributed by atoms with Gasteiger partial charge in [0.1, 0.15) is 0 Å². The predicted octanol–water partition coefficient (Wildman–Crippen LogP) is 5.32. The van der Waals surface area contributed by atoms with E-state index in [4.69, 9.17) is 8.85 Å². The third-order valence-corrected chi connectivity index (χ3v) is 8.91. The highest BCUT2D eigenvalue weighted by Gasteiger charge is 2.16. The first-order valence-corrected chi connectivity index (χ1v) is 14.4. The lowest BCUT2D eigenvalue weighted by Gasteiger charge is -2.20. The summed E-state index contributed by atoms with van der Waals surface area (Å²) >= 11 is 0. The summed E-state index contributed by atoms with van der Waals surface area (Å²) in [5.74, 6) is 0.483. The van der Waals surface area contributed by atoms with E-state index in [1.807, 2.05) is 0 Å². The minimum Gasteiger partial charge on any atom is -0.418 e. The number of hydrogen-bond donors (Lipinski definition) is 0. The van der Waals surface area contributed by atoms with E-state index in [1.54, 1.807) is 0 Å². The molecule has 0 heterocycles. The molecule has 0 fully saturated rings. The summed E-state index contributed by atoms with van der Waals surface area (Å²) in [4.78, 5) is 1.22. The van der Waals surface area contributed by atoms with Crippen LogP contribution in [-0.4, -0.2) is 32.7 Å². The van der Waals surface area contributed by atoms with Gasteiger partial charge >= 0.3 is 0 Å². The van der Waals surface area contributed by atoms with Crippen molar-refractivity contribution in [1.29, 1.82) is 0 Å². The van der Waals surface area contributed by atoms with E-state index < -0.39 is 19.5 Å². The van der Waals surface area contributed by atoms with Gasteiger partial charge in [-0.25, -0.2) is 0 Å². The van der Waals surface area contributed by atoms with E-state index in [-0.39, 0.29) is 11.8 Å². The SMILES string of the molecule is C=C([SiH2]OCC(c1ccccc1)c1ccccc1)[SiH2]OCC(c1ccccc1)c1ccccc1. The van der Waals surface area contributed by atoms with Gasteiger partial charge in [0.25, 0.3) is 0 Å². The molecule has 0 spiro atoms. The van der Waals surface area contributed by atoms with Gasteiger partial charge in [0, 0.05) is 25.0 Å². The molecule has 0 radical (unpaired) electrons. The van der Waals surface area contributed by atoms with E-state index in [2.05, 4.69) is 128 Å². The van der Waals surface area contributed by atoms with Gasteiger partial charge in [-0.3, -0.25) is 0 Å². The first-order chi connectivity index (χ1) is 16.8. The van der Waals surface area contributed by atoms with Crippen LogP contribution in [0.15, 0.2) is 133 Å². The Labute approximate surface area is 208 Å². The molecular weight excluding hydrogens is 449 g/mol. The Morgan fingerprint density at radius 1 is 0.500 bits per heavy atom. The van der Waals surface area contributed by atoms with Crippen molar-refractivity contribution >= 4 is 19.5 Å². The van der Waals surface area contributed by atoms with Crippen molar-refractivity contribution in [3.63, 3.8) is 0 Å². The summed E-state index contributed by atoms with van der Waals surface area (Å²) in [6.07, 6.45) is 0. The zero-order chi connectivity index (χ0) is 23.4. The van der Waals surface area contributed by atoms with Gasteiger partial charge in [-0.1, -0.05) is 126 Å². The highest BCUT2D eigenvalue weighted by molar-refractivity contribution is 6.62. The Kier molecular flexibility index (Phi) is 9.23. The minimum atomic E-state index is -0.845. The Morgan fingerprint density at radius 3 is 1.03 bits per heavy atom. The first-order valence-electron chi connectivity index (χ1n) is 11.8. The van der Waals surface area contributed by atoms with Crippen LogP contribution in [0.2, 0.25) is 0 Å². The molecule has 4 aromatic rings. The third-order valence-electron chi connectivity index (χ3n) is 5.99. The summed E-state index contributed by atoms with van der Waals surface area (Å²) in [7, 11) is -1.69. The van der Waals surface area contributed by atoms with E-state index in [9.17, 15) is 0 Å². The van der Waals surface area contributed by atoms with Gasteiger partial charge in [-0.05, 0) is 22.3 Å². The zero-order valence-electron chi connectivity index (χ0n) is 19.6. The molecule has 0 amide bonds. The van der Waals surface area contributed by atoms with Gasteiger partial charge in [0.05, 0.1) is 0 Å². The average molecular weight is 481 g/mol. The van der Waals surface area contributed by atoms with Crippen LogP contribution in [0.1, 0.15) is 34.1 Å². The minimum absolute atomic E-state index is 0.242. The maximum Gasteiger partial charge on any atom is 0.185 e. The molecule has 0 saturated heterocycles. The fourth-order valence-electron chi connectivity index (χ4n) is 4.20. The van der Waals surface area contributed by atoms with Crippen LogP contribution in [0.5, 0.6) is 0 Å². The molecule has 0 bridgehead atoms. The fourth-order valence-corrected chi connectivity index (χ4v) is 6.68. The van der Waals surface area contributed by atoms with Crippen molar-refractivity contribution in [3.8, 4) is 0 Å². The van der Waals surface area contributed by atoms with Crippen LogP contribution < -0.4 is 0 Å². The van der Waals surface area contributed by atoms with Gasteiger partial charge in [-0.2, -0.15) is 0 Å². The van der Waals surface area contributed by atoms with Crippen molar-refractivity contribution in [2.45, 2.75) is 11.8 Å². The Morgan fingerprint density at radius 2 is 0.765 bits per heavy atom. The molecule has 0 saturated carbocycles. The number of rotatable bonds is 12. The largest absolute Gasteiger partial charge is 0.418 e. The second kappa shape index (κ2) is 13.0. The van der Waals surface area contributed by atoms with Crippen LogP contribution in [0.3, 0.4) is 0 Å². The second-order valence-electron chi connectivity index (χ2n) is 8.53. The molecule has 0 aliphatic heterocycles. The summed E-state index contributed by atoms with van der Waals surface area (Å²) in [5, 5.41) is 0. The van der Waals surface area contributed by atoms with Crippen molar-refractivity contribution in [1.82, 2.24) is 0 Å². The molecule has 0 aromatic heterocycles. The first kappa shape index (κ1) is 24.1. The molecule has 4 rings (SSSR count). The number of hydrogen-bond acceptors (Lipinski definition) is 2. The predicted molar refractivity (Wildman–Crippen MR) is 148 cm³/mol. The molecule has 0 unspecified atom stereocenters. The van der Waals surface area contributed by atoms with Crippen LogP contribution in [-0.2, 0) is 8.85 Å². The molecule has 2 nitrogen and oxygen atoms in total. The summed E-state index contributed by atoms with van der Waals surface area (Å²) in [5.41, 5.74) is 5.15. The van der Waals surface area contributed by atoms with Gasteiger partial charge in [0.2, 0.25) is 0 Å². The van der Waals surface area contributed by atoms with Gasteiger partial charge < -0.3 is 8.85 Å². The highest BCUT2D eigenvalue weighted by Crippen LogP contribution is 2.26. The van der Waals surface area contributed by atoms with Gasteiger partial charge in [0.15, 0.2) is 19.5 Å². The molecule has 0 aliphatic rings. The lowest BCUT2D eigenvalue weighted by Crippen LogP contribution is -2.18. The topological polar surface area (TPSA) is 18.5 Å². The fraction of sp³-hybridized carbons (Fsp3) is 0.133. The molecule has 34 heavy (non-hydrogen) atoms. The standard InChI is InChI=1S/C30H32O2Si2/c1-24(33-31-22-29(25-14-6-2-7-15-25)26-16-8-3-9-17-26)34-32-23-30(27-18-10-4-11-19-27)28-20-12-5-13-21-28/h2-21,29-30H,1,22-23,33-34H2. The Balaban J connectivity index is 1.30. The normalized spacial score (nSPS) is 11.8. The second-order valence-corrected chi connectivity index (χ2v) is 12.9. The smallest absolute Gasteiger partial charge is 0.185 e. The van der Waals surface area contributed by atoms with Crippen LogP contribution in [0.25, 0.3) is 0 Å². The molecular formula is C30H32O2Si2. The van der Waals surface area contributed by atoms with Crippen LogP contribution >= 0.6 is 0 Å². The quantitative estimate of drug-likeness (QED) is 0.255. The van der Waals surface area contributed by atoms with Crippen molar-refractivity contribution in [2.24, 2.45) is 0 Å². The Hall–Kier alpha value is -3.03.